The van der Waals surface area contributed by atoms with Gasteiger partial charge < -0.3 is 10.6 Å². The van der Waals surface area contributed by atoms with Crippen LogP contribution < -0.4 is 16.2 Å². The molecular weight excluding hydrogens is 324 g/mol. The lowest BCUT2D eigenvalue weighted by molar-refractivity contribution is -0.136. The molecule has 0 saturated carbocycles. The van der Waals surface area contributed by atoms with Crippen LogP contribution in [0.5, 0.6) is 0 Å². The number of carbonyl (C=O) groups excluding carboxylic acids is 2. The zero-order valence-corrected chi connectivity index (χ0v) is 14.2. The molecule has 0 aromatic carbocycles. The maximum atomic E-state index is 12.3. The van der Waals surface area contributed by atoms with Gasteiger partial charge in [0, 0.05) is 18.2 Å². The van der Waals surface area contributed by atoms with Gasteiger partial charge in [-0.05, 0) is 39.5 Å². The summed E-state index contributed by atoms with van der Waals surface area (Å²) in [7, 11) is 0. The van der Waals surface area contributed by atoms with E-state index in [0.29, 0.717) is 17.8 Å². The normalized spacial score (nSPS) is 13.2. The van der Waals surface area contributed by atoms with Gasteiger partial charge in [-0.1, -0.05) is 0 Å². The van der Waals surface area contributed by atoms with Gasteiger partial charge >= 0.3 is 11.8 Å². The van der Waals surface area contributed by atoms with Crippen LogP contribution in [0, 0.1) is 6.92 Å². The van der Waals surface area contributed by atoms with Gasteiger partial charge in [-0.2, -0.15) is 9.78 Å². The summed E-state index contributed by atoms with van der Waals surface area (Å²) in [5.41, 5.74) is 1.91. The Kier molecular flexibility index (Phi) is 4.64. The Hall–Kier alpha value is -2.97. The highest BCUT2D eigenvalue weighted by Gasteiger charge is 2.20. The number of hydrogen-bond donors (Lipinski definition) is 3. The summed E-state index contributed by atoms with van der Waals surface area (Å²) in [6, 6.07) is 1.61. The number of likely N-dealkylation sites (N-methyl/N-ethyl adjacent to an activating group) is 1. The molecule has 0 saturated heterocycles. The minimum Gasteiger partial charge on any atom is -0.348 e. The molecule has 0 aliphatic heterocycles. The van der Waals surface area contributed by atoms with E-state index in [9.17, 15) is 14.4 Å². The van der Waals surface area contributed by atoms with Crippen LogP contribution in [0.25, 0.3) is 5.95 Å². The molecule has 25 heavy (non-hydrogen) atoms. The van der Waals surface area contributed by atoms with Crippen molar-refractivity contribution >= 4 is 17.6 Å². The maximum Gasteiger partial charge on any atom is 0.314 e. The topological polar surface area (TPSA) is 122 Å². The summed E-state index contributed by atoms with van der Waals surface area (Å²) < 4.78 is 1.34. The first-order chi connectivity index (χ1) is 12.0. The van der Waals surface area contributed by atoms with Crippen LogP contribution in [-0.4, -0.2) is 38.1 Å². The summed E-state index contributed by atoms with van der Waals surface area (Å²) >= 11 is 0. The number of nitrogens with one attached hydrogen (secondary N) is 3. The molecule has 2 aromatic heterocycles. The molecule has 2 heterocycles. The number of amides is 2. The number of carbonyl (C=O) groups is 2. The number of aryl methyl sites for hydroxylation is 2. The zero-order chi connectivity index (χ0) is 18.0. The third kappa shape index (κ3) is 3.44. The van der Waals surface area contributed by atoms with Gasteiger partial charge in [-0.15, -0.1) is 0 Å². The van der Waals surface area contributed by atoms with E-state index in [1.54, 1.807) is 19.9 Å². The number of rotatable bonds is 3. The fourth-order valence-corrected chi connectivity index (χ4v) is 2.85. The van der Waals surface area contributed by atoms with Gasteiger partial charge in [-0.3, -0.25) is 19.4 Å². The Balaban J connectivity index is 1.96. The van der Waals surface area contributed by atoms with Gasteiger partial charge in [-0.25, -0.2) is 4.98 Å². The smallest absolute Gasteiger partial charge is 0.314 e. The molecule has 0 unspecified atom stereocenters. The maximum absolute atomic E-state index is 12.3. The van der Waals surface area contributed by atoms with Gasteiger partial charge in [0.25, 0.3) is 5.56 Å². The molecule has 3 N–H and O–H groups in total. The van der Waals surface area contributed by atoms with Crippen LogP contribution in [0.4, 0.5) is 5.82 Å². The number of aromatic nitrogens is 4. The molecule has 2 amide bonds. The minimum atomic E-state index is -0.802. The van der Waals surface area contributed by atoms with E-state index in [4.69, 9.17) is 0 Å². The van der Waals surface area contributed by atoms with Crippen LogP contribution in [0.15, 0.2) is 10.9 Å². The SMILES string of the molecule is CCNC(=O)C(=O)Nc1cc(C)nn1-c1nc2c(c(=O)[nH]1)CCCC2. The molecule has 9 nitrogen and oxygen atoms in total. The number of H-pyrrole nitrogens is 1. The fourth-order valence-electron chi connectivity index (χ4n) is 2.85. The largest absolute Gasteiger partial charge is 0.348 e. The Morgan fingerprint density at radius 1 is 1.28 bits per heavy atom. The first-order valence-electron chi connectivity index (χ1n) is 8.28. The van der Waals surface area contributed by atoms with E-state index in [-0.39, 0.29) is 17.3 Å². The monoisotopic (exact) mass is 344 g/mol. The van der Waals surface area contributed by atoms with Crippen molar-refractivity contribution in [2.45, 2.75) is 39.5 Å². The average molecular weight is 344 g/mol. The van der Waals surface area contributed by atoms with Gasteiger partial charge in [0.2, 0.25) is 5.95 Å². The van der Waals surface area contributed by atoms with E-state index < -0.39 is 11.8 Å². The molecule has 0 radical (unpaired) electrons. The molecule has 0 bridgehead atoms. The molecule has 1 aliphatic carbocycles. The third-order valence-corrected chi connectivity index (χ3v) is 4.00. The van der Waals surface area contributed by atoms with E-state index in [1.807, 2.05) is 0 Å². The van der Waals surface area contributed by atoms with Crippen LogP contribution in [0.2, 0.25) is 0 Å². The average Bonchev–Trinajstić information content (AvgIpc) is 2.95. The highest BCUT2D eigenvalue weighted by atomic mass is 16.2. The van der Waals surface area contributed by atoms with Crippen molar-refractivity contribution in [1.82, 2.24) is 25.1 Å². The second-order valence-electron chi connectivity index (χ2n) is 5.92. The number of fused-ring (bicyclic) bond motifs is 1. The van der Waals surface area contributed by atoms with Gasteiger partial charge in [0.05, 0.1) is 11.4 Å². The zero-order valence-electron chi connectivity index (χ0n) is 14.2. The molecule has 1 aliphatic rings. The van der Waals surface area contributed by atoms with E-state index in [0.717, 1.165) is 31.4 Å². The molecule has 3 rings (SSSR count). The Morgan fingerprint density at radius 3 is 2.80 bits per heavy atom. The number of nitrogens with zero attached hydrogens (tertiary/aromatic N) is 3. The summed E-state index contributed by atoms with van der Waals surface area (Å²) in [6.07, 6.45) is 3.43. The van der Waals surface area contributed by atoms with Crippen LogP contribution in [-0.2, 0) is 22.4 Å². The molecule has 0 spiro atoms. The Morgan fingerprint density at radius 2 is 2.04 bits per heavy atom. The lowest BCUT2D eigenvalue weighted by Gasteiger charge is -2.15. The summed E-state index contributed by atoms with van der Waals surface area (Å²) in [4.78, 5) is 43.1. The van der Waals surface area contributed by atoms with Crippen LogP contribution in [0.3, 0.4) is 0 Å². The summed E-state index contributed by atoms with van der Waals surface area (Å²) in [5.74, 6) is -1.04. The fraction of sp³-hybridized carbons (Fsp3) is 0.438. The molecule has 0 atom stereocenters. The van der Waals surface area contributed by atoms with Gasteiger partial charge in [0.1, 0.15) is 5.82 Å². The molecular formula is C16H20N6O3. The highest BCUT2D eigenvalue weighted by Crippen LogP contribution is 2.19. The molecule has 2 aromatic rings. The second kappa shape index (κ2) is 6.88. The lowest BCUT2D eigenvalue weighted by atomic mass is 9.97. The standard InChI is InChI=1S/C16H20N6O3/c1-3-17-14(24)15(25)19-12-8-9(2)21-22(12)16-18-11-7-5-4-6-10(11)13(23)20-16/h8H,3-7H2,1-2H3,(H,17,24)(H,19,25)(H,18,20,23). The van der Waals surface area contributed by atoms with Crippen molar-refractivity contribution in [3.8, 4) is 5.95 Å². The van der Waals surface area contributed by atoms with Crippen molar-refractivity contribution in [3.05, 3.63) is 33.4 Å². The first-order valence-corrected chi connectivity index (χ1v) is 8.28. The number of hydrogen-bond acceptors (Lipinski definition) is 5. The summed E-state index contributed by atoms with van der Waals surface area (Å²) in [6.45, 7) is 3.82. The molecule has 9 heteroatoms. The van der Waals surface area contributed by atoms with Gasteiger partial charge in [0.15, 0.2) is 0 Å². The number of anilines is 1. The quantitative estimate of drug-likeness (QED) is 0.688. The highest BCUT2D eigenvalue weighted by molar-refractivity contribution is 6.39. The van der Waals surface area contributed by atoms with Crippen LogP contribution >= 0.6 is 0 Å². The Bertz CT molecular complexity index is 882. The second-order valence-corrected chi connectivity index (χ2v) is 5.92. The van der Waals surface area contributed by atoms with E-state index in [2.05, 4.69) is 25.7 Å². The van der Waals surface area contributed by atoms with Crippen molar-refractivity contribution in [1.29, 1.82) is 0 Å². The first kappa shape index (κ1) is 16.9. The Labute approximate surface area is 143 Å². The van der Waals surface area contributed by atoms with E-state index >= 15 is 0 Å². The van der Waals surface area contributed by atoms with Crippen molar-refractivity contribution in [2.75, 3.05) is 11.9 Å². The van der Waals surface area contributed by atoms with Crippen molar-refractivity contribution in [2.24, 2.45) is 0 Å². The predicted molar refractivity (Wildman–Crippen MR) is 90.7 cm³/mol. The van der Waals surface area contributed by atoms with E-state index in [1.165, 1.54) is 4.68 Å². The summed E-state index contributed by atoms with van der Waals surface area (Å²) in [5, 5.41) is 9.20. The molecule has 0 fully saturated rings. The van der Waals surface area contributed by atoms with Crippen LogP contribution in [0.1, 0.15) is 36.7 Å². The number of aromatic amines is 1. The van der Waals surface area contributed by atoms with Crippen molar-refractivity contribution in [3.63, 3.8) is 0 Å². The van der Waals surface area contributed by atoms with Crippen molar-refractivity contribution < 1.29 is 9.59 Å². The third-order valence-electron chi connectivity index (χ3n) is 4.00. The lowest BCUT2D eigenvalue weighted by Crippen LogP contribution is -2.35. The minimum absolute atomic E-state index is 0.186. The molecule has 132 valence electrons. The predicted octanol–water partition coefficient (Wildman–Crippen LogP) is 0.217.